The molecule has 0 fully saturated rings. The Bertz CT molecular complexity index is 841. The Balaban J connectivity index is 2.06. The van der Waals surface area contributed by atoms with Crippen molar-refractivity contribution in [1.29, 1.82) is 0 Å². The summed E-state index contributed by atoms with van der Waals surface area (Å²) in [5.41, 5.74) is 2.79. The lowest BCUT2D eigenvalue weighted by atomic mass is 10.2. The van der Waals surface area contributed by atoms with Crippen LogP contribution in [-0.2, 0) is 16.1 Å². The molecule has 2 rings (SSSR count). The number of aromatic nitrogens is 1. The van der Waals surface area contributed by atoms with Gasteiger partial charge in [-0.3, -0.25) is 4.79 Å². The quantitative estimate of drug-likeness (QED) is 0.752. The number of nitrogens with zero attached hydrogens (tertiary/aromatic N) is 1. The van der Waals surface area contributed by atoms with Crippen molar-refractivity contribution in [2.45, 2.75) is 40.3 Å². The molecule has 1 heterocycles. The molecule has 7 nitrogen and oxygen atoms in total. The van der Waals surface area contributed by atoms with Crippen molar-refractivity contribution in [3.8, 4) is 11.5 Å². The molecular formula is C20H26N2O5. The van der Waals surface area contributed by atoms with Gasteiger partial charge in [0.05, 0.1) is 19.8 Å². The van der Waals surface area contributed by atoms with Crippen molar-refractivity contribution in [3.05, 3.63) is 41.2 Å². The van der Waals surface area contributed by atoms with Crippen LogP contribution in [0.25, 0.3) is 0 Å². The van der Waals surface area contributed by atoms with Gasteiger partial charge in [-0.05, 0) is 45.9 Å². The second-order valence-electron chi connectivity index (χ2n) is 6.14. The highest BCUT2D eigenvalue weighted by atomic mass is 16.5. The van der Waals surface area contributed by atoms with Gasteiger partial charge in [0.2, 0.25) is 0 Å². The van der Waals surface area contributed by atoms with Crippen LogP contribution in [0.4, 0.5) is 5.69 Å². The molecular weight excluding hydrogens is 348 g/mol. The number of rotatable bonds is 7. The number of methoxy groups -OCH3 is 2. The molecule has 0 saturated heterocycles. The first-order valence-corrected chi connectivity index (χ1v) is 8.72. The lowest BCUT2D eigenvalue weighted by molar-refractivity contribution is -0.123. The maximum absolute atomic E-state index is 12.4. The zero-order chi connectivity index (χ0) is 20.1. The monoisotopic (exact) mass is 374 g/mol. The first-order valence-electron chi connectivity index (χ1n) is 8.72. The van der Waals surface area contributed by atoms with E-state index in [0.29, 0.717) is 22.7 Å². The van der Waals surface area contributed by atoms with Crippen LogP contribution in [0.1, 0.15) is 35.6 Å². The summed E-state index contributed by atoms with van der Waals surface area (Å²) >= 11 is 0. The van der Waals surface area contributed by atoms with Crippen LogP contribution in [0, 0.1) is 13.8 Å². The Labute approximate surface area is 159 Å². The molecule has 1 aromatic heterocycles. The Kier molecular flexibility index (Phi) is 6.50. The predicted molar refractivity (Wildman–Crippen MR) is 103 cm³/mol. The van der Waals surface area contributed by atoms with Gasteiger partial charge in [0, 0.05) is 29.7 Å². The molecule has 7 heteroatoms. The summed E-state index contributed by atoms with van der Waals surface area (Å²) in [5, 5.41) is 2.71. The third-order valence-electron chi connectivity index (χ3n) is 4.41. The molecule has 1 atom stereocenters. The van der Waals surface area contributed by atoms with E-state index in [1.54, 1.807) is 24.3 Å². The predicted octanol–water partition coefficient (Wildman–Crippen LogP) is 3.33. The number of hydrogen-bond donors (Lipinski definition) is 1. The van der Waals surface area contributed by atoms with E-state index in [1.165, 1.54) is 21.1 Å². The van der Waals surface area contributed by atoms with Gasteiger partial charge < -0.3 is 24.1 Å². The molecule has 2 aromatic rings. The minimum Gasteiger partial charge on any atom is -0.493 e. The number of carbonyl (C=O) groups excluding carboxylic acids is 2. The van der Waals surface area contributed by atoms with E-state index in [-0.39, 0.29) is 0 Å². The summed E-state index contributed by atoms with van der Waals surface area (Å²) in [7, 11) is 3.05. The molecule has 0 spiro atoms. The van der Waals surface area contributed by atoms with Gasteiger partial charge in [-0.2, -0.15) is 0 Å². The number of ether oxygens (including phenoxy) is 3. The van der Waals surface area contributed by atoms with Gasteiger partial charge in [-0.1, -0.05) is 0 Å². The van der Waals surface area contributed by atoms with Crippen molar-refractivity contribution in [2.75, 3.05) is 19.5 Å². The van der Waals surface area contributed by atoms with Crippen LogP contribution >= 0.6 is 0 Å². The number of benzene rings is 1. The van der Waals surface area contributed by atoms with E-state index in [0.717, 1.165) is 17.9 Å². The van der Waals surface area contributed by atoms with E-state index in [1.807, 2.05) is 25.3 Å². The average molecular weight is 374 g/mol. The highest BCUT2D eigenvalue weighted by Crippen LogP contribution is 2.29. The molecule has 27 heavy (non-hydrogen) atoms. The number of hydrogen-bond acceptors (Lipinski definition) is 5. The Hall–Kier alpha value is -2.96. The summed E-state index contributed by atoms with van der Waals surface area (Å²) in [6, 6.07) is 6.79. The highest BCUT2D eigenvalue weighted by Gasteiger charge is 2.22. The zero-order valence-corrected chi connectivity index (χ0v) is 16.6. The first-order chi connectivity index (χ1) is 12.8. The first kappa shape index (κ1) is 20.4. The fraction of sp³-hybridized carbons (Fsp3) is 0.400. The van der Waals surface area contributed by atoms with Gasteiger partial charge in [0.25, 0.3) is 5.91 Å². The second-order valence-corrected chi connectivity index (χ2v) is 6.14. The summed E-state index contributed by atoms with van der Waals surface area (Å²) in [4.78, 5) is 24.8. The zero-order valence-electron chi connectivity index (χ0n) is 16.6. The van der Waals surface area contributed by atoms with Crippen LogP contribution < -0.4 is 14.8 Å². The number of amides is 1. The number of anilines is 1. The molecule has 146 valence electrons. The maximum atomic E-state index is 12.4. The molecule has 0 radical (unpaired) electrons. The molecule has 0 saturated carbocycles. The molecule has 0 unspecified atom stereocenters. The lowest BCUT2D eigenvalue weighted by Crippen LogP contribution is -2.30. The van der Waals surface area contributed by atoms with Crippen LogP contribution in [0.15, 0.2) is 24.3 Å². The van der Waals surface area contributed by atoms with Crippen molar-refractivity contribution in [3.63, 3.8) is 0 Å². The number of aryl methyl sites for hydroxylation is 1. The van der Waals surface area contributed by atoms with Gasteiger partial charge in [0.15, 0.2) is 17.6 Å². The third-order valence-corrected chi connectivity index (χ3v) is 4.41. The molecule has 0 aliphatic carbocycles. The molecule has 1 aromatic carbocycles. The SMILES string of the molecule is CCn1c(C)cc(C(=O)O[C@H](C)C(=O)Nc2ccc(OC)c(OC)c2)c1C. The van der Waals surface area contributed by atoms with Crippen molar-refractivity contribution >= 4 is 17.6 Å². The molecule has 0 bridgehead atoms. The van der Waals surface area contributed by atoms with Crippen molar-refractivity contribution in [1.82, 2.24) is 4.57 Å². The van der Waals surface area contributed by atoms with Crippen molar-refractivity contribution < 1.29 is 23.8 Å². The molecule has 0 aliphatic rings. The summed E-state index contributed by atoms with van der Waals surface area (Å²) in [6.07, 6.45) is -0.949. The minimum absolute atomic E-state index is 0.431. The van der Waals surface area contributed by atoms with Crippen LogP contribution in [0.5, 0.6) is 11.5 Å². The second kappa shape index (κ2) is 8.62. The van der Waals surface area contributed by atoms with Gasteiger partial charge in [-0.15, -0.1) is 0 Å². The third kappa shape index (κ3) is 4.42. The average Bonchev–Trinajstić information content (AvgIpc) is 2.94. The molecule has 1 amide bonds. The van der Waals surface area contributed by atoms with Crippen LogP contribution in [-0.4, -0.2) is 36.8 Å². The topological polar surface area (TPSA) is 78.8 Å². The smallest absolute Gasteiger partial charge is 0.340 e. The normalized spacial score (nSPS) is 11.6. The van der Waals surface area contributed by atoms with Crippen molar-refractivity contribution in [2.24, 2.45) is 0 Å². The molecule has 1 N–H and O–H groups in total. The Morgan fingerprint density at radius 3 is 2.33 bits per heavy atom. The van der Waals surface area contributed by atoms with Gasteiger partial charge >= 0.3 is 5.97 Å². The Morgan fingerprint density at radius 1 is 1.11 bits per heavy atom. The standard InChI is InChI=1S/C20H26N2O5/c1-7-22-12(2)10-16(13(22)3)20(24)27-14(4)19(23)21-15-8-9-17(25-5)18(11-15)26-6/h8-11,14H,7H2,1-6H3,(H,21,23)/t14-/m1/s1. The van der Waals surface area contributed by atoms with Gasteiger partial charge in [-0.25, -0.2) is 4.79 Å². The summed E-state index contributed by atoms with van der Waals surface area (Å²) in [5.74, 6) is 0.103. The summed E-state index contributed by atoms with van der Waals surface area (Å²) in [6.45, 7) is 8.10. The fourth-order valence-electron chi connectivity index (χ4n) is 2.93. The Morgan fingerprint density at radius 2 is 1.78 bits per heavy atom. The largest absolute Gasteiger partial charge is 0.493 e. The molecule has 0 aliphatic heterocycles. The number of nitrogens with one attached hydrogen (secondary N) is 1. The number of carbonyl (C=O) groups is 2. The summed E-state index contributed by atoms with van der Waals surface area (Å²) < 4.78 is 17.7. The van der Waals surface area contributed by atoms with Gasteiger partial charge in [0.1, 0.15) is 0 Å². The van der Waals surface area contributed by atoms with E-state index in [2.05, 4.69) is 5.32 Å². The van der Waals surface area contributed by atoms with E-state index in [9.17, 15) is 9.59 Å². The lowest BCUT2D eigenvalue weighted by Gasteiger charge is -2.15. The van der Waals surface area contributed by atoms with E-state index in [4.69, 9.17) is 14.2 Å². The van der Waals surface area contributed by atoms with Crippen LogP contribution in [0.2, 0.25) is 0 Å². The van der Waals surface area contributed by atoms with E-state index < -0.39 is 18.0 Å². The van der Waals surface area contributed by atoms with Crippen LogP contribution in [0.3, 0.4) is 0 Å². The van der Waals surface area contributed by atoms with E-state index >= 15 is 0 Å². The minimum atomic E-state index is -0.949. The highest BCUT2D eigenvalue weighted by molar-refractivity contribution is 5.98. The maximum Gasteiger partial charge on any atom is 0.340 e. The number of esters is 1. The fourth-order valence-corrected chi connectivity index (χ4v) is 2.93.